The Morgan fingerprint density at radius 1 is 1.25 bits per heavy atom. The fourth-order valence-electron chi connectivity index (χ4n) is 2.07. The van der Waals surface area contributed by atoms with E-state index < -0.39 is 11.2 Å². The van der Waals surface area contributed by atoms with Crippen LogP contribution in [0.2, 0.25) is 0 Å². The maximum atomic E-state index is 10.5. The number of halogens is 1. The van der Waals surface area contributed by atoms with E-state index in [-0.39, 0.29) is 6.10 Å². The van der Waals surface area contributed by atoms with E-state index in [1.54, 1.807) is 0 Å². The minimum atomic E-state index is -0.723. The van der Waals surface area contributed by atoms with Crippen LogP contribution in [0.15, 0.2) is 0 Å². The highest BCUT2D eigenvalue weighted by atomic mass is 35.5. The lowest BCUT2D eigenvalue weighted by atomic mass is 9.92. The molecule has 94 valence electrons. The molecule has 1 aliphatic heterocycles. The number of hydrogen-bond donors (Lipinski definition) is 0. The molecule has 0 radical (unpaired) electrons. The summed E-state index contributed by atoms with van der Waals surface area (Å²) in [4.78, 5) is 10.5. The van der Waals surface area contributed by atoms with Gasteiger partial charge in [-0.25, -0.2) is 4.79 Å². The van der Waals surface area contributed by atoms with E-state index in [1.807, 2.05) is 13.8 Å². The molecule has 0 amide bonds. The number of rotatable bonds is 1. The SMILES string of the molecule is CC.O=C(Cl)OC1CCC2(CC1)OCCO2. The summed E-state index contributed by atoms with van der Waals surface area (Å²) in [6.07, 6.45) is 3.01. The van der Waals surface area contributed by atoms with Gasteiger partial charge in [0.15, 0.2) is 5.79 Å². The van der Waals surface area contributed by atoms with Crippen LogP contribution >= 0.6 is 11.6 Å². The van der Waals surface area contributed by atoms with Crippen molar-refractivity contribution in [3.63, 3.8) is 0 Å². The van der Waals surface area contributed by atoms with Gasteiger partial charge in [0.25, 0.3) is 0 Å². The first kappa shape index (κ1) is 13.7. The summed E-state index contributed by atoms with van der Waals surface area (Å²) in [5.41, 5.74) is -0.723. The van der Waals surface area contributed by atoms with E-state index in [2.05, 4.69) is 0 Å². The van der Waals surface area contributed by atoms with Crippen LogP contribution in [0.3, 0.4) is 0 Å². The number of ether oxygens (including phenoxy) is 3. The zero-order valence-electron chi connectivity index (χ0n) is 9.83. The summed E-state index contributed by atoms with van der Waals surface area (Å²) in [7, 11) is 0. The molecule has 5 heteroatoms. The number of carbonyl (C=O) groups is 1. The molecule has 1 aliphatic carbocycles. The quantitative estimate of drug-likeness (QED) is 0.671. The molecule has 1 saturated carbocycles. The third-order valence-electron chi connectivity index (χ3n) is 2.77. The van der Waals surface area contributed by atoms with Crippen molar-refractivity contribution in [1.82, 2.24) is 0 Å². The van der Waals surface area contributed by atoms with E-state index in [4.69, 9.17) is 25.8 Å². The molecular formula is C11H19ClO4. The minimum Gasteiger partial charge on any atom is -0.450 e. The van der Waals surface area contributed by atoms with Crippen LogP contribution < -0.4 is 0 Å². The lowest BCUT2D eigenvalue weighted by molar-refractivity contribution is -0.187. The average molecular weight is 251 g/mol. The summed E-state index contributed by atoms with van der Waals surface area (Å²) >= 11 is 5.14. The van der Waals surface area contributed by atoms with Gasteiger partial charge in [-0.1, -0.05) is 13.8 Å². The minimum absolute atomic E-state index is 0.0709. The summed E-state index contributed by atoms with van der Waals surface area (Å²) < 4.78 is 16.0. The molecule has 2 rings (SSSR count). The third-order valence-corrected chi connectivity index (χ3v) is 2.86. The van der Waals surface area contributed by atoms with E-state index in [9.17, 15) is 4.79 Å². The molecule has 0 bridgehead atoms. The molecule has 0 aromatic heterocycles. The molecule has 1 saturated heterocycles. The molecule has 2 fully saturated rings. The monoisotopic (exact) mass is 250 g/mol. The molecule has 4 nitrogen and oxygen atoms in total. The van der Waals surface area contributed by atoms with Crippen LogP contribution in [-0.2, 0) is 14.2 Å². The Bertz CT molecular complexity index is 216. The Morgan fingerprint density at radius 2 is 1.75 bits per heavy atom. The smallest absolute Gasteiger partial charge is 0.404 e. The number of hydrogen-bond acceptors (Lipinski definition) is 4. The topological polar surface area (TPSA) is 44.8 Å². The Balaban J connectivity index is 0.000000606. The first-order chi connectivity index (χ1) is 7.70. The van der Waals surface area contributed by atoms with Crippen LogP contribution in [-0.4, -0.2) is 30.5 Å². The van der Waals surface area contributed by atoms with Crippen molar-refractivity contribution in [2.45, 2.75) is 51.4 Å². The van der Waals surface area contributed by atoms with Crippen molar-refractivity contribution < 1.29 is 19.0 Å². The van der Waals surface area contributed by atoms with E-state index in [1.165, 1.54) is 0 Å². The van der Waals surface area contributed by atoms with E-state index >= 15 is 0 Å². The Hall–Kier alpha value is -0.320. The second-order valence-electron chi connectivity index (χ2n) is 3.66. The second-order valence-corrected chi connectivity index (χ2v) is 3.97. The maximum Gasteiger partial charge on any atom is 0.404 e. The van der Waals surface area contributed by atoms with Gasteiger partial charge in [0.05, 0.1) is 13.2 Å². The highest BCUT2D eigenvalue weighted by Crippen LogP contribution is 2.36. The third kappa shape index (κ3) is 3.61. The van der Waals surface area contributed by atoms with Crippen molar-refractivity contribution in [3.8, 4) is 0 Å². The average Bonchev–Trinajstić information content (AvgIpc) is 2.73. The zero-order chi connectivity index (χ0) is 12.0. The summed E-state index contributed by atoms with van der Waals surface area (Å²) in [5, 5.41) is 0. The zero-order valence-corrected chi connectivity index (χ0v) is 10.6. The predicted molar refractivity (Wildman–Crippen MR) is 60.6 cm³/mol. The normalized spacial score (nSPS) is 23.7. The summed E-state index contributed by atoms with van der Waals surface area (Å²) in [6, 6.07) is 0. The van der Waals surface area contributed by atoms with Gasteiger partial charge < -0.3 is 14.2 Å². The highest BCUT2D eigenvalue weighted by molar-refractivity contribution is 6.61. The first-order valence-electron chi connectivity index (χ1n) is 5.84. The fourth-order valence-corrected chi connectivity index (χ4v) is 2.19. The number of carbonyl (C=O) groups excluding carboxylic acids is 1. The van der Waals surface area contributed by atoms with Crippen molar-refractivity contribution in [2.75, 3.05) is 13.2 Å². The Kier molecular flexibility index (Phi) is 5.52. The van der Waals surface area contributed by atoms with Gasteiger partial charge in [-0.3, -0.25) is 0 Å². The van der Waals surface area contributed by atoms with Crippen LogP contribution in [0.1, 0.15) is 39.5 Å². The van der Waals surface area contributed by atoms with Gasteiger partial charge in [-0.15, -0.1) is 0 Å². The van der Waals surface area contributed by atoms with E-state index in [0.29, 0.717) is 13.2 Å². The van der Waals surface area contributed by atoms with Crippen LogP contribution in [0.4, 0.5) is 4.79 Å². The van der Waals surface area contributed by atoms with Gasteiger partial charge in [0.2, 0.25) is 0 Å². The lowest BCUT2D eigenvalue weighted by Crippen LogP contribution is -2.37. The van der Waals surface area contributed by atoms with Gasteiger partial charge in [-0.05, 0) is 12.8 Å². The van der Waals surface area contributed by atoms with Crippen LogP contribution in [0.25, 0.3) is 0 Å². The molecular weight excluding hydrogens is 232 g/mol. The van der Waals surface area contributed by atoms with Gasteiger partial charge in [0.1, 0.15) is 6.10 Å². The molecule has 1 heterocycles. The lowest BCUT2D eigenvalue weighted by Gasteiger charge is -2.34. The highest BCUT2D eigenvalue weighted by Gasteiger charge is 2.41. The molecule has 0 atom stereocenters. The molecule has 0 aromatic carbocycles. The molecule has 2 aliphatic rings. The second kappa shape index (κ2) is 6.42. The van der Waals surface area contributed by atoms with E-state index in [0.717, 1.165) is 25.7 Å². The molecule has 0 aromatic rings. The van der Waals surface area contributed by atoms with Crippen LogP contribution in [0.5, 0.6) is 0 Å². The molecule has 0 N–H and O–H groups in total. The molecule has 0 unspecified atom stereocenters. The van der Waals surface area contributed by atoms with Crippen molar-refractivity contribution in [1.29, 1.82) is 0 Å². The van der Waals surface area contributed by atoms with Gasteiger partial charge in [0, 0.05) is 24.4 Å². The fraction of sp³-hybridized carbons (Fsp3) is 0.909. The summed E-state index contributed by atoms with van der Waals surface area (Å²) in [6.45, 7) is 5.33. The first-order valence-corrected chi connectivity index (χ1v) is 6.22. The largest absolute Gasteiger partial charge is 0.450 e. The predicted octanol–water partition coefficient (Wildman–Crippen LogP) is 3.07. The van der Waals surface area contributed by atoms with Crippen molar-refractivity contribution in [2.24, 2.45) is 0 Å². The van der Waals surface area contributed by atoms with Gasteiger partial charge in [-0.2, -0.15) is 0 Å². The summed E-state index contributed by atoms with van der Waals surface area (Å²) in [5.74, 6) is -0.394. The van der Waals surface area contributed by atoms with Crippen molar-refractivity contribution in [3.05, 3.63) is 0 Å². The standard InChI is InChI=1S/C9H13ClO4.C2H6/c10-8(11)14-7-1-3-9(4-2-7)12-5-6-13-9;1-2/h7H,1-6H2;1-2H3. The Morgan fingerprint density at radius 3 is 2.19 bits per heavy atom. The van der Waals surface area contributed by atoms with Crippen molar-refractivity contribution >= 4 is 17.0 Å². The maximum absolute atomic E-state index is 10.5. The van der Waals surface area contributed by atoms with Gasteiger partial charge >= 0.3 is 5.43 Å². The van der Waals surface area contributed by atoms with Crippen LogP contribution in [0, 0.1) is 0 Å². The molecule has 1 spiro atoms. The Labute approximate surface area is 101 Å². The molecule has 16 heavy (non-hydrogen) atoms.